The maximum absolute atomic E-state index is 12.5. The Morgan fingerprint density at radius 1 is 1.12 bits per heavy atom. The minimum absolute atomic E-state index is 0.244. The first-order valence-corrected chi connectivity index (χ1v) is 9.40. The molecular weight excluding hydrogens is 308 g/mol. The van der Waals surface area contributed by atoms with Crippen molar-refractivity contribution in [1.82, 2.24) is 4.90 Å². The van der Waals surface area contributed by atoms with Gasteiger partial charge in [-0.1, -0.05) is 74.4 Å². The van der Waals surface area contributed by atoms with E-state index in [-0.39, 0.29) is 18.0 Å². The summed E-state index contributed by atoms with van der Waals surface area (Å²) in [6, 6.07) is 18.7. The second kappa shape index (κ2) is 8.30. The molecule has 1 fully saturated rings. The van der Waals surface area contributed by atoms with Gasteiger partial charge in [0.2, 0.25) is 5.91 Å². The summed E-state index contributed by atoms with van der Waals surface area (Å²) in [5, 5.41) is 0. The molecule has 0 spiro atoms. The Bertz CT molecular complexity index is 698. The highest BCUT2D eigenvalue weighted by Crippen LogP contribution is 2.38. The normalized spacial score (nSPS) is 19.5. The van der Waals surface area contributed by atoms with Crippen molar-refractivity contribution in [3.63, 3.8) is 0 Å². The quantitative estimate of drug-likeness (QED) is 0.850. The van der Waals surface area contributed by atoms with Crippen LogP contribution in [0.2, 0.25) is 0 Å². The molecule has 3 nitrogen and oxygen atoms in total. The second-order valence-corrected chi connectivity index (χ2v) is 6.91. The van der Waals surface area contributed by atoms with E-state index in [9.17, 15) is 4.79 Å². The zero-order valence-corrected chi connectivity index (χ0v) is 15.0. The number of hydrogen-bond donors (Lipinski definition) is 1. The lowest BCUT2D eigenvalue weighted by Gasteiger charge is -2.41. The van der Waals surface area contributed by atoms with Gasteiger partial charge in [-0.3, -0.25) is 9.69 Å². The molecule has 0 aromatic heterocycles. The van der Waals surface area contributed by atoms with Crippen LogP contribution in [-0.2, 0) is 11.2 Å². The molecule has 2 unspecified atom stereocenters. The summed E-state index contributed by atoms with van der Waals surface area (Å²) in [5.74, 6) is -0.244. The molecule has 0 saturated carbocycles. The van der Waals surface area contributed by atoms with E-state index in [1.165, 1.54) is 17.5 Å². The monoisotopic (exact) mass is 336 g/mol. The van der Waals surface area contributed by atoms with Gasteiger partial charge >= 0.3 is 0 Å². The molecule has 0 bridgehead atoms. The molecule has 1 aliphatic rings. The molecule has 1 saturated heterocycles. The summed E-state index contributed by atoms with van der Waals surface area (Å²) < 4.78 is 0. The zero-order valence-electron chi connectivity index (χ0n) is 15.0. The van der Waals surface area contributed by atoms with Gasteiger partial charge in [0.05, 0.1) is 0 Å². The molecule has 2 N–H and O–H groups in total. The number of primary amides is 1. The molecular formula is C22H28N2O. The molecule has 0 aliphatic carbocycles. The average Bonchev–Trinajstić information content (AvgIpc) is 2.64. The van der Waals surface area contributed by atoms with Crippen molar-refractivity contribution in [1.29, 1.82) is 0 Å². The smallest absolute Gasteiger partial charge is 0.239 e. The summed E-state index contributed by atoms with van der Waals surface area (Å²) in [4.78, 5) is 14.8. The fraction of sp³-hybridized carbons (Fsp3) is 0.409. The van der Waals surface area contributed by atoms with Crippen molar-refractivity contribution >= 4 is 5.91 Å². The van der Waals surface area contributed by atoms with E-state index < -0.39 is 0 Å². The Kier molecular flexibility index (Phi) is 5.87. The molecule has 0 radical (unpaired) electrons. The van der Waals surface area contributed by atoms with E-state index in [0.29, 0.717) is 0 Å². The molecule has 2 aromatic rings. The highest BCUT2D eigenvalue weighted by Gasteiger charge is 2.34. The molecule has 3 heteroatoms. The van der Waals surface area contributed by atoms with Crippen LogP contribution in [-0.4, -0.2) is 17.4 Å². The van der Waals surface area contributed by atoms with Crippen LogP contribution in [0, 0.1) is 0 Å². The third kappa shape index (κ3) is 3.93. The van der Waals surface area contributed by atoms with E-state index in [2.05, 4.69) is 54.3 Å². The van der Waals surface area contributed by atoms with Crippen molar-refractivity contribution in [2.75, 3.05) is 6.54 Å². The van der Waals surface area contributed by atoms with Gasteiger partial charge in [-0.05, 0) is 42.5 Å². The van der Waals surface area contributed by atoms with E-state index >= 15 is 0 Å². The van der Waals surface area contributed by atoms with Gasteiger partial charge in [0.15, 0.2) is 0 Å². The summed E-state index contributed by atoms with van der Waals surface area (Å²) in [6.45, 7) is 3.08. The van der Waals surface area contributed by atoms with E-state index in [1.807, 2.05) is 12.1 Å². The first-order chi connectivity index (χ1) is 12.2. The van der Waals surface area contributed by atoms with Crippen molar-refractivity contribution in [3.8, 4) is 0 Å². The molecule has 25 heavy (non-hydrogen) atoms. The summed E-state index contributed by atoms with van der Waals surface area (Å²) >= 11 is 0. The average molecular weight is 336 g/mol. The Morgan fingerprint density at radius 3 is 2.56 bits per heavy atom. The fourth-order valence-electron chi connectivity index (χ4n) is 4.09. The molecule has 1 heterocycles. The Hall–Kier alpha value is -2.13. The largest absolute Gasteiger partial charge is 0.368 e. The number of piperidine rings is 1. The van der Waals surface area contributed by atoms with Crippen LogP contribution in [0.4, 0.5) is 0 Å². The number of nitrogens with two attached hydrogens (primary N) is 1. The lowest BCUT2D eigenvalue weighted by atomic mass is 9.89. The molecule has 132 valence electrons. The maximum atomic E-state index is 12.5. The van der Waals surface area contributed by atoms with Crippen molar-refractivity contribution in [2.45, 2.75) is 51.1 Å². The minimum Gasteiger partial charge on any atom is -0.368 e. The van der Waals surface area contributed by atoms with E-state index in [0.717, 1.165) is 37.8 Å². The van der Waals surface area contributed by atoms with Gasteiger partial charge in [0, 0.05) is 6.04 Å². The number of rotatable bonds is 6. The predicted molar refractivity (Wildman–Crippen MR) is 102 cm³/mol. The van der Waals surface area contributed by atoms with Crippen LogP contribution in [0.5, 0.6) is 0 Å². The van der Waals surface area contributed by atoms with E-state index in [1.54, 1.807) is 0 Å². The predicted octanol–water partition coefficient (Wildman–Crippen LogP) is 4.39. The first-order valence-electron chi connectivity index (χ1n) is 9.40. The topological polar surface area (TPSA) is 46.3 Å². The van der Waals surface area contributed by atoms with Crippen LogP contribution < -0.4 is 5.73 Å². The van der Waals surface area contributed by atoms with Crippen LogP contribution >= 0.6 is 0 Å². The van der Waals surface area contributed by atoms with Gasteiger partial charge in [0.1, 0.15) is 6.04 Å². The third-order valence-corrected chi connectivity index (χ3v) is 5.20. The lowest BCUT2D eigenvalue weighted by Crippen LogP contribution is -2.43. The van der Waals surface area contributed by atoms with Crippen LogP contribution in [0.15, 0.2) is 54.6 Å². The zero-order chi connectivity index (χ0) is 17.6. The van der Waals surface area contributed by atoms with Gasteiger partial charge in [-0.15, -0.1) is 0 Å². The summed E-state index contributed by atoms with van der Waals surface area (Å²) in [7, 11) is 0. The standard InChI is InChI=1S/C22H28N2O/c1-2-10-17-11-6-7-14-19(17)21(22(23)25)24-16-9-8-15-20(24)18-12-4-3-5-13-18/h3-7,11-14,20-21H,2,8-10,15-16H2,1H3,(H2,23,25). The van der Waals surface area contributed by atoms with Gasteiger partial charge in [0.25, 0.3) is 0 Å². The number of amides is 1. The Labute approximate surface area is 150 Å². The number of carbonyl (C=O) groups is 1. The van der Waals surface area contributed by atoms with Crippen LogP contribution in [0.1, 0.15) is 61.4 Å². The second-order valence-electron chi connectivity index (χ2n) is 6.91. The number of aryl methyl sites for hydroxylation is 1. The number of carbonyl (C=O) groups excluding carboxylic acids is 1. The van der Waals surface area contributed by atoms with Crippen molar-refractivity contribution in [2.24, 2.45) is 5.73 Å². The maximum Gasteiger partial charge on any atom is 0.239 e. The number of benzene rings is 2. The summed E-state index contributed by atoms with van der Waals surface area (Å²) in [6.07, 6.45) is 5.42. The first kappa shape index (κ1) is 17.7. The molecule has 3 rings (SSSR count). The number of hydrogen-bond acceptors (Lipinski definition) is 2. The fourth-order valence-corrected chi connectivity index (χ4v) is 4.09. The number of likely N-dealkylation sites (tertiary alicyclic amines) is 1. The van der Waals surface area contributed by atoms with Crippen LogP contribution in [0.25, 0.3) is 0 Å². The SMILES string of the molecule is CCCc1ccccc1C(C(N)=O)N1CCCCC1c1ccccc1. The Morgan fingerprint density at radius 2 is 1.84 bits per heavy atom. The third-order valence-electron chi connectivity index (χ3n) is 5.20. The van der Waals surface area contributed by atoms with Crippen molar-refractivity contribution < 1.29 is 4.79 Å². The highest BCUT2D eigenvalue weighted by atomic mass is 16.1. The van der Waals surface area contributed by atoms with Gasteiger partial charge in [-0.25, -0.2) is 0 Å². The lowest BCUT2D eigenvalue weighted by molar-refractivity contribution is -0.125. The number of nitrogens with zero attached hydrogens (tertiary/aromatic N) is 1. The molecule has 1 amide bonds. The van der Waals surface area contributed by atoms with Gasteiger partial charge in [-0.2, -0.15) is 0 Å². The minimum atomic E-state index is -0.353. The highest BCUT2D eigenvalue weighted by molar-refractivity contribution is 5.82. The van der Waals surface area contributed by atoms with E-state index in [4.69, 9.17) is 5.73 Å². The molecule has 1 aliphatic heterocycles. The van der Waals surface area contributed by atoms with Crippen molar-refractivity contribution in [3.05, 3.63) is 71.3 Å². The molecule has 2 aromatic carbocycles. The molecule has 2 atom stereocenters. The van der Waals surface area contributed by atoms with Gasteiger partial charge < -0.3 is 5.73 Å². The van der Waals surface area contributed by atoms with Crippen LogP contribution in [0.3, 0.4) is 0 Å². The Balaban J connectivity index is 2.00. The summed E-state index contributed by atoms with van der Waals surface area (Å²) in [5.41, 5.74) is 9.53.